The fourth-order valence-electron chi connectivity index (χ4n) is 15.0. The van der Waals surface area contributed by atoms with Gasteiger partial charge in [-0.25, -0.2) is 0 Å². The lowest BCUT2D eigenvalue weighted by molar-refractivity contribution is -0.408. The Labute approximate surface area is 660 Å². The van der Waals surface area contributed by atoms with E-state index in [9.17, 15) is 163 Å². The molecule has 32 N–H and O–H groups in total. The van der Waals surface area contributed by atoms with Gasteiger partial charge in [0.25, 0.3) is 0 Å². The van der Waals surface area contributed by atoms with E-state index in [2.05, 4.69) is 10.6 Å². The van der Waals surface area contributed by atoms with E-state index >= 15 is 0 Å². The molecule has 0 aromatic heterocycles. The highest BCUT2D eigenvalue weighted by Gasteiger charge is 2.61. The summed E-state index contributed by atoms with van der Waals surface area (Å²) < 4.78 is 111. The van der Waals surface area contributed by atoms with Crippen molar-refractivity contribution in [2.24, 2.45) is 0 Å². The first-order valence-electron chi connectivity index (χ1n) is 37.2. The topological polar surface area (TPSA) is 840 Å². The number of hydrogen-bond donors (Lipinski definition) is 32. The molecule has 10 rings (SSSR count). The van der Waals surface area contributed by atoms with Gasteiger partial charge in [0.05, 0.1) is 66.1 Å². The zero-order valence-electron chi connectivity index (χ0n) is 61.9. The molecule has 680 valence electrons. The average Bonchev–Trinajstić information content (AvgIpc) is 0.766. The maximum atomic E-state index is 13.0. The van der Waals surface area contributed by atoms with E-state index in [-0.39, 0.29) is 0 Å². The molecular weight excluding hydrogens is 1610 g/mol. The third-order valence-electron chi connectivity index (χ3n) is 21.7. The van der Waals surface area contributed by atoms with Crippen molar-refractivity contribution in [2.45, 2.75) is 321 Å². The van der Waals surface area contributed by atoms with Crippen molar-refractivity contribution in [3.63, 3.8) is 0 Å². The van der Waals surface area contributed by atoms with Crippen LogP contribution in [0.5, 0.6) is 0 Å². The Morgan fingerprint density at radius 3 is 0.855 bits per heavy atom. The predicted molar refractivity (Wildman–Crippen MR) is 353 cm³/mol. The Hall–Kier alpha value is -3.02. The summed E-state index contributed by atoms with van der Waals surface area (Å²) in [6.45, 7) is -9.28. The fraction of sp³-hybridized carbons (Fsp3) is 0.969. The first kappa shape index (κ1) is 96.2. The van der Waals surface area contributed by atoms with Crippen molar-refractivity contribution < 1.29 is 253 Å². The van der Waals surface area contributed by atoms with Gasteiger partial charge in [-0.2, -0.15) is 0 Å². The second-order valence-electron chi connectivity index (χ2n) is 29.5. The Balaban J connectivity index is 0.996. The summed E-state index contributed by atoms with van der Waals surface area (Å²) in [5.74, 6) is -1.78. The van der Waals surface area contributed by atoms with E-state index in [1.807, 2.05) is 0 Å². The highest BCUT2D eigenvalue weighted by Crippen LogP contribution is 2.41. The van der Waals surface area contributed by atoms with Gasteiger partial charge in [0.15, 0.2) is 62.9 Å². The first-order valence-corrected chi connectivity index (χ1v) is 37.2. The standard InChI is InChI=1S/C64H108N2O51/c1-13(75)65-25-35(85)48(21(9-73)101-55(25)98)111-56-26(66-14(2)76)36(86)49(22(10-74)108-56)112-61-47(97)51(114-63-54(42(92)32(82)19(7-71)106-63)117-64-53(41(91)31(81)20(8-72)107-64)116-60-45(95)39(89)29(79)17(5-69)104-60)34(84)24(110-61)11-99-57-46(96)50(113-58-43(93)37(87)27(77)15(3-67)102-58)33(83)23(109-57)12-100-62-52(40(90)30(80)18(6-70)105-62)115-59-44(94)38(88)28(78)16(4-68)103-59/h15-64,67-74,77-98H,3-12H2,1-2H3,(H,65,75)(H,66,76)/t15-,16-,17-,18-,19-,20-,21-,22-,23-,24-,25-,26-,27-,28-,29-,30-,31-,32-,33-,34-,35-,36-,37+,38+,39+,40+,41+,42+,43+,44+,45+,46+,47+,48-,49-,50+,51+,52+,53+,54+,55?,56+,57-,58-,59-,60-,61+,62+,63-,64-/m1/s1. The Kier molecular flexibility index (Phi) is 34.4. The van der Waals surface area contributed by atoms with Crippen LogP contribution in [0.2, 0.25) is 0 Å². The molecule has 10 fully saturated rings. The molecule has 0 aromatic carbocycles. The van der Waals surface area contributed by atoms with E-state index < -0.39 is 385 Å². The quantitative estimate of drug-likeness (QED) is 0.0318. The van der Waals surface area contributed by atoms with Crippen LogP contribution in [0.1, 0.15) is 13.8 Å². The van der Waals surface area contributed by atoms with Gasteiger partial charge in [-0.05, 0) is 0 Å². The molecular formula is C64H108N2O51. The summed E-state index contributed by atoms with van der Waals surface area (Å²) in [7, 11) is 0. The lowest BCUT2D eigenvalue weighted by Crippen LogP contribution is -2.70. The van der Waals surface area contributed by atoms with Crippen LogP contribution in [-0.2, 0) is 99.6 Å². The van der Waals surface area contributed by atoms with E-state index in [0.717, 1.165) is 13.8 Å². The lowest BCUT2D eigenvalue weighted by atomic mass is 9.94. The van der Waals surface area contributed by atoms with Gasteiger partial charge in [0.2, 0.25) is 11.8 Å². The van der Waals surface area contributed by atoms with Gasteiger partial charge in [-0.15, -0.1) is 0 Å². The van der Waals surface area contributed by atoms with Crippen molar-refractivity contribution >= 4 is 11.8 Å². The highest BCUT2D eigenvalue weighted by atomic mass is 16.8. The second kappa shape index (κ2) is 41.9. The number of hydrogen-bond acceptors (Lipinski definition) is 51. The number of carbonyl (C=O) groups is 2. The van der Waals surface area contributed by atoms with Crippen LogP contribution in [0, 0.1) is 0 Å². The third kappa shape index (κ3) is 20.7. The minimum absolute atomic E-state index is 0.805. The largest absolute Gasteiger partial charge is 0.394 e. The molecule has 2 amide bonds. The van der Waals surface area contributed by atoms with Crippen LogP contribution in [0.15, 0.2) is 0 Å². The van der Waals surface area contributed by atoms with Gasteiger partial charge in [-0.1, -0.05) is 0 Å². The fourth-order valence-corrected chi connectivity index (χ4v) is 15.0. The van der Waals surface area contributed by atoms with Crippen LogP contribution in [-0.4, -0.2) is 538 Å². The number of ether oxygens (including phenoxy) is 19. The van der Waals surface area contributed by atoms with Crippen molar-refractivity contribution in [3.05, 3.63) is 0 Å². The normalized spacial score (nSPS) is 51.5. The predicted octanol–water partition coefficient (Wildman–Crippen LogP) is -22.5. The summed E-state index contributed by atoms with van der Waals surface area (Å²) in [5.41, 5.74) is 0. The average molecular weight is 1720 g/mol. The van der Waals surface area contributed by atoms with Crippen LogP contribution in [0.4, 0.5) is 0 Å². The van der Waals surface area contributed by atoms with Gasteiger partial charge in [0.1, 0.15) is 244 Å². The maximum absolute atomic E-state index is 13.0. The Bertz CT molecular complexity index is 3050. The van der Waals surface area contributed by atoms with Crippen LogP contribution >= 0.6 is 0 Å². The molecule has 0 spiro atoms. The van der Waals surface area contributed by atoms with Crippen molar-refractivity contribution in [3.8, 4) is 0 Å². The molecule has 53 nitrogen and oxygen atoms in total. The molecule has 10 aliphatic heterocycles. The van der Waals surface area contributed by atoms with Gasteiger partial charge in [-0.3, -0.25) is 9.59 Å². The molecule has 10 saturated heterocycles. The summed E-state index contributed by atoms with van der Waals surface area (Å²) in [6.07, 6.45) is -104. The van der Waals surface area contributed by atoms with E-state index in [0.29, 0.717) is 0 Å². The van der Waals surface area contributed by atoms with Crippen molar-refractivity contribution in [1.29, 1.82) is 0 Å². The first-order chi connectivity index (χ1) is 55.4. The molecule has 0 aromatic rings. The zero-order chi connectivity index (χ0) is 85.9. The number of aliphatic hydroxyl groups excluding tert-OH is 30. The van der Waals surface area contributed by atoms with Crippen LogP contribution < -0.4 is 10.6 Å². The third-order valence-corrected chi connectivity index (χ3v) is 21.7. The molecule has 0 bridgehead atoms. The monoisotopic (exact) mass is 1720 g/mol. The zero-order valence-corrected chi connectivity index (χ0v) is 61.9. The molecule has 117 heavy (non-hydrogen) atoms. The van der Waals surface area contributed by atoms with Gasteiger partial charge >= 0.3 is 0 Å². The molecule has 10 heterocycles. The Morgan fingerprint density at radius 1 is 0.222 bits per heavy atom. The Morgan fingerprint density at radius 2 is 0.470 bits per heavy atom. The van der Waals surface area contributed by atoms with Gasteiger partial charge < -0.3 is 254 Å². The molecule has 0 radical (unpaired) electrons. The molecule has 53 heteroatoms. The smallest absolute Gasteiger partial charge is 0.217 e. The SMILES string of the molecule is CC(=O)N[C@H]1[C@H](O[C@H]2[C@H](O)[C@@H](NC(C)=O)C(O)O[C@@H]2CO)O[C@H](CO)[C@@H](O[C@@H]2O[C@H](CO[C@@H]3O[C@H](CO[C@H]4O[C@H](CO)[C@@H](O)[C@H](O)[C@@H]4O[C@H]4O[C@H](CO)[C@@H](O)[C@H](O)[C@@H]4O)[C@@H](O)[C@H](O[C@H]4O[C@H](CO)[C@@H](O)[C@H](O)[C@@H]4O)[C@@H]3O)[C@@H](O)[C@H](O[C@H]3O[C@H](CO)[C@@H](O)[C@H](O)[C@@H]3O[C@H]3O[C@H](CO)[C@@H](O)[C@H](O)[C@@H]3O[C@H]3O[C@H](CO)[C@@H](O)[C@H](O)[C@@H]3O)[C@@H]2O)[C@@H]1O. The van der Waals surface area contributed by atoms with E-state index in [4.69, 9.17) is 90.0 Å². The van der Waals surface area contributed by atoms with Crippen LogP contribution in [0.3, 0.4) is 0 Å². The van der Waals surface area contributed by atoms with E-state index in [1.165, 1.54) is 0 Å². The highest BCUT2D eigenvalue weighted by molar-refractivity contribution is 5.73. The molecule has 0 saturated carbocycles. The van der Waals surface area contributed by atoms with E-state index in [1.54, 1.807) is 0 Å². The van der Waals surface area contributed by atoms with Crippen LogP contribution in [0.25, 0.3) is 0 Å². The minimum Gasteiger partial charge on any atom is -0.394 e. The summed E-state index contributed by atoms with van der Waals surface area (Å²) >= 11 is 0. The molecule has 50 atom stereocenters. The number of carbonyl (C=O) groups excluding carboxylic acids is 2. The molecule has 1 unspecified atom stereocenters. The number of nitrogens with one attached hydrogen (secondary N) is 2. The van der Waals surface area contributed by atoms with Crippen molar-refractivity contribution in [1.82, 2.24) is 10.6 Å². The van der Waals surface area contributed by atoms with Crippen molar-refractivity contribution in [2.75, 3.05) is 66.1 Å². The molecule has 0 aliphatic carbocycles. The lowest BCUT2D eigenvalue weighted by Gasteiger charge is -2.51. The van der Waals surface area contributed by atoms with Gasteiger partial charge in [0, 0.05) is 13.8 Å². The minimum atomic E-state index is -2.64. The molecule has 10 aliphatic rings. The number of amides is 2. The summed E-state index contributed by atoms with van der Waals surface area (Å²) in [5, 5.41) is 336. The summed E-state index contributed by atoms with van der Waals surface area (Å²) in [4.78, 5) is 25.2. The summed E-state index contributed by atoms with van der Waals surface area (Å²) in [6, 6.07) is -3.64. The second-order valence-corrected chi connectivity index (χ2v) is 29.5. The maximum Gasteiger partial charge on any atom is 0.217 e. The number of rotatable bonds is 30. The number of aliphatic hydroxyl groups is 30.